The molecule has 0 radical (unpaired) electrons. The summed E-state index contributed by atoms with van der Waals surface area (Å²) in [5, 5.41) is 15.0. The van der Waals surface area contributed by atoms with E-state index in [4.69, 9.17) is 0 Å². The van der Waals surface area contributed by atoms with Crippen molar-refractivity contribution in [2.45, 2.75) is 6.04 Å². The maximum atomic E-state index is 12.7. The fourth-order valence-electron chi connectivity index (χ4n) is 1.34. The van der Waals surface area contributed by atoms with Gasteiger partial charge < -0.3 is 10.4 Å². The molecule has 0 fully saturated rings. The first-order chi connectivity index (χ1) is 7.79. The van der Waals surface area contributed by atoms with Crippen LogP contribution in [-0.2, 0) is 0 Å². The summed E-state index contributed by atoms with van der Waals surface area (Å²) in [5.41, 5.74) is 0.760. The van der Waals surface area contributed by atoms with Crippen LogP contribution in [0.1, 0.15) is 11.0 Å². The number of hydrogen-bond acceptors (Lipinski definition) is 4. The highest BCUT2D eigenvalue weighted by Gasteiger charge is 2.12. The van der Waals surface area contributed by atoms with Crippen molar-refractivity contribution >= 4 is 17.0 Å². The Morgan fingerprint density at radius 2 is 2.12 bits per heavy atom. The molecule has 1 atom stereocenters. The first kappa shape index (κ1) is 11.0. The molecule has 1 heterocycles. The van der Waals surface area contributed by atoms with Crippen molar-refractivity contribution in [1.29, 1.82) is 0 Å². The van der Waals surface area contributed by atoms with Gasteiger partial charge in [-0.3, -0.25) is 0 Å². The van der Waals surface area contributed by atoms with Gasteiger partial charge in [-0.25, -0.2) is 9.37 Å². The fraction of sp³-hybridized carbons (Fsp3) is 0.182. The van der Waals surface area contributed by atoms with Gasteiger partial charge in [0.25, 0.3) is 0 Å². The molecule has 1 aromatic heterocycles. The number of rotatable bonds is 4. The van der Waals surface area contributed by atoms with E-state index in [0.29, 0.717) is 0 Å². The van der Waals surface area contributed by atoms with Crippen LogP contribution in [0.4, 0.5) is 10.1 Å². The fourth-order valence-corrected chi connectivity index (χ4v) is 2.02. The maximum absolute atomic E-state index is 12.7. The number of aliphatic hydroxyl groups is 1. The van der Waals surface area contributed by atoms with Crippen LogP contribution in [0, 0.1) is 5.82 Å². The Labute approximate surface area is 96.6 Å². The molecule has 5 heteroatoms. The second-order valence-electron chi connectivity index (χ2n) is 3.26. The minimum atomic E-state index is -0.277. The second kappa shape index (κ2) is 5.05. The lowest BCUT2D eigenvalue weighted by atomic mass is 10.2. The molecule has 16 heavy (non-hydrogen) atoms. The summed E-state index contributed by atoms with van der Waals surface area (Å²) in [5.74, 6) is -0.277. The molecular formula is C11H11FN2OS. The summed E-state index contributed by atoms with van der Waals surface area (Å²) in [6, 6.07) is 5.76. The minimum Gasteiger partial charge on any atom is -0.394 e. The number of aliphatic hydroxyl groups excluding tert-OH is 1. The summed E-state index contributed by atoms with van der Waals surface area (Å²) in [4.78, 5) is 4.12. The largest absolute Gasteiger partial charge is 0.394 e. The number of halogens is 1. The Morgan fingerprint density at radius 1 is 1.38 bits per heavy atom. The average molecular weight is 238 g/mol. The number of anilines is 1. The standard InChI is InChI=1S/C11H11FN2OS/c12-8-1-3-9(4-2-8)14-10(7-15)11-13-5-6-16-11/h1-6,10,14-15H,7H2. The predicted molar refractivity (Wildman–Crippen MR) is 62.0 cm³/mol. The van der Waals surface area contributed by atoms with Gasteiger partial charge in [0.05, 0.1) is 6.61 Å². The third-order valence-corrected chi connectivity index (χ3v) is 3.01. The normalized spacial score (nSPS) is 12.4. The highest BCUT2D eigenvalue weighted by atomic mass is 32.1. The molecule has 0 amide bonds. The number of hydrogen-bond donors (Lipinski definition) is 2. The highest BCUT2D eigenvalue weighted by Crippen LogP contribution is 2.20. The van der Waals surface area contributed by atoms with Crippen molar-refractivity contribution in [3.05, 3.63) is 46.7 Å². The van der Waals surface area contributed by atoms with Gasteiger partial charge >= 0.3 is 0 Å². The lowest BCUT2D eigenvalue weighted by molar-refractivity contribution is 0.276. The van der Waals surface area contributed by atoms with E-state index in [1.165, 1.54) is 23.5 Å². The van der Waals surface area contributed by atoms with E-state index >= 15 is 0 Å². The highest BCUT2D eigenvalue weighted by molar-refractivity contribution is 7.09. The zero-order valence-corrected chi connectivity index (χ0v) is 9.25. The Morgan fingerprint density at radius 3 is 2.69 bits per heavy atom. The van der Waals surface area contributed by atoms with Gasteiger partial charge in [-0.2, -0.15) is 0 Å². The summed E-state index contributed by atoms with van der Waals surface area (Å²) in [6.07, 6.45) is 1.69. The first-order valence-electron chi connectivity index (χ1n) is 4.82. The first-order valence-corrected chi connectivity index (χ1v) is 5.70. The molecule has 0 aliphatic rings. The molecule has 1 aromatic carbocycles. The van der Waals surface area contributed by atoms with Gasteiger partial charge in [0.15, 0.2) is 0 Å². The van der Waals surface area contributed by atoms with Crippen LogP contribution in [0.5, 0.6) is 0 Å². The van der Waals surface area contributed by atoms with Crippen LogP contribution in [0.15, 0.2) is 35.8 Å². The van der Waals surface area contributed by atoms with Gasteiger partial charge in [0.2, 0.25) is 0 Å². The number of thiazole rings is 1. The van der Waals surface area contributed by atoms with Crippen molar-refractivity contribution in [2.75, 3.05) is 11.9 Å². The molecule has 2 aromatic rings. The molecule has 3 nitrogen and oxygen atoms in total. The molecule has 0 aliphatic heterocycles. The van der Waals surface area contributed by atoms with Crippen LogP contribution in [0.25, 0.3) is 0 Å². The number of nitrogens with zero attached hydrogens (tertiary/aromatic N) is 1. The molecule has 0 aliphatic carbocycles. The van der Waals surface area contributed by atoms with Crippen molar-refractivity contribution in [2.24, 2.45) is 0 Å². The smallest absolute Gasteiger partial charge is 0.123 e. The van der Waals surface area contributed by atoms with Gasteiger partial charge in [0, 0.05) is 17.3 Å². The minimum absolute atomic E-state index is 0.0507. The van der Waals surface area contributed by atoms with Crippen LogP contribution in [0.2, 0.25) is 0 Å². The van der Waals surface area contributed by atoms with Crippen molar-refractivity contribution in [3.8, 4) is 0 Å². The molecule has 0 saturated carbocycles. The molecule has 1 unspecified atom stereocenters. The monoisotopic (exact) mass is 238 g/mol. The second-order valence-corrected chi connectivity index (χ2v) is 4.18. The Balaban J connectivity index is 2.10. The Kier molecular flexibility index (Phi) is 3.48. The van der Waals surface area contributed by atoms with Crippen LogP contribution >= 0.6 is 11.3 Å². The Bertz CT molecular complexity index is 430. The van der Waals surface area contributed by atoms with Crippen LogP contribution in [0.3, 0.4) is 0 Å². The van der Waals surface area contributed by atoms with Crippen molar-refractivity contribution < 1.29 is 9.50 Å². The molecule has 2 N–H and O–H groups in total. The van der Waals surface area contributed by atoms with Crippen molar-refractivity contribution in [1.82, 2.24) is 4.98 Å². The number of nitrogens with one attached hydrogen (secondary N) is 1. The van der Waals surface area contributed by atoms with E-state index in [1.807, 2.05) is 5.38 Å². The van der Waals surface area contributed by atoms with Gasteiger partial charge in [-0.15, -0.1) is 11.3 Å². The van der Waals surface area contributed by atoms with Crippen LogP contribution in [-0.4, -0.2) is 16.7 Å². The molecule has 0 spiro atoms. The van der Waals surface area contributed by atoms with Gasteiger partial charge in [-0.1, -0.05) is 0 Å². The summed E-state index contributed by atoms with van der Waals surface area (Å²) >= 11 is 1.47. The predicted octanol–water partition coefficient (Wildman–Crippen LogP) is 2.43. The third kappa shape index (κ3) is 2.56. The average Bonchev–Trinajstić information content (AvgIpc) is 2.82. The lowest BCUT2D eigenvalue weighted by Gasteiger charge is -2.14. The Hall–Kier alpha value is -1.46. The van der Waals surface area contributed by atoms with E-state index in [9.17, 15) is 9.50 Å². The molecule has 2 rings (SSSR count). The maximum Gasteiger partial charge on any atom is 0.123 e. The van der Waals surface area contributed by atoms with E-state index < -0.39 is 0 Å². The quantitative estimate of drug-likeness (QED) is 0.859. The lowest BCUT2D eigenvalue weighted by Crippen LogP contribution is -2.14. The zero-order valence-electron chi connectivity index (χ0n) is 8.43. The van der Waals surface area contributed by atoms with Crippen LogP contribution < -0.4 is 5.32 Å². The zero-order chi connectivity index (χ0) is 11.4. The van der Waals surface area contributed by atoms with E-state index in [-0.39, 0.29) is 18.5 Å². The number of aromatic nitrogens is 1. The van der Waals surface area contributed by atoms with Gasteiger partial charge in [0.1, 0.15) is 16.9 Å². The van der Waals surface area contributed by atoms with E-state index in [1.54, 1.807) is 18.3 Å². The summed E-state index contributed by atoms with van der Waals surface area (Å²) < 4.78 is 12.7. The van der Waals surface area contributed by atoms with E-state index in [0.717, 1.165) is 10.7 Å². The third-order valence-electron chi connectivity index (χ3n) is 2.12. The molecule has 84 valence electrons. The van der Waals surface area contributed by atoms with Gasteiger partial charge in [-0.05, 0) is 24.3 Å². The SMILES string of the molecule is OCC(Nc1ccc(F)cc1)c1nccs1. The molecular weight excluding hydrogens is 227 g/mol. The summed E-state index contributed by atoms with van der Waals surface area (Å²) in [6.45, 7) is -0.0507. The molecule has 0 saturated heterocycles. The summed E-state index contributed by atoms with van der Waals surface area (Å²) in [7, 11) is 0. The van der Waals surface area contributed by atoms with E-state index in [2.05, 4.69) is 10.3 Å². The van der Waals surface area contributed by atoms with Crippen molar-refractivity contribution in [3.63, 3.8) is 0 Å². The number of benzene rings is 1. The topological polar surface area (TPSA) is 45.1 Å². The molecule has 0 bridgehead atoms.